The summed E-state index contributed by atoms with van der Waals surface area (Å²) in [7, 11) is 1.61. The van der Waals surface area contributed by atoms with Gasteiger partial charge in [-0.25, -0.2) is 0 Å². The molecule has 1 saturated heterocycles. The highest BCUT2D eigenvalue weighted by Gasteiger charge is 2.48. The molecule has 0 radical (unpaired) electrons. The molecule has 7 heteroatoms. The summed E-state index contributed by atoms with van der Waals surface area (Å²) in [6, 6.07) is 47.1. The predicted molar refractivity (Wildman–Crippen MR) is 179 cm³/mol. The Labute approximate surface area is 275 Å². The van der Waals surface area contributed by atoms with Crippen molar-refractivity contribution in [3.8, 4) is 5.75 Å². The van der Waals surface area contributed by atoms with Gasteiger partial charge in [-0.15, -0.1) is 0 Å². The van der Waals surface area contributed by atoms with Gasteiger partial charge in [-0.2, -0.15) is 0 Å². The molecular weight excluding hydrogens is 592 g/mol. The maximum Gasteiger partial charge on any atom is 0.184 e. The Hall–Kier alpha value is -4.34. The lowest BCUT2D eigenvalue weighted by molar-refractivity contribution is -0.311. The van der Waals surface area contributed by atoms with Crippen LogP contribution in [0.5, 0.6) is 5.75 Å². The van der Waals surface area contributed by atoms with E-state index in [1.807, 2.05) is 146 Å². The van der Waals surface area contributed by atoms with Crippen LogP contribution >= 0.6 is 0 Å². The molecule has 0 unspecified atom stereocenters. The Morgan fingerprint density at radius 1 is 0.574 bits per heavy atom. The van der Waals surface area contributed by atoms with Gasteiger partial charge in [0.15, 0.2) is 6.29 Å². The number of hydrogen-bond donors (Lipinski definition) is 2. The second kappa shape index (κ2) is 15.5. The molecule has 0 bridgehead atoms. The van der Waals surface area contributed by atoms with E-state index in [4.69, 9.17) is 23.7 Å². The zero-order chi connectivity index (χ0) is 32.5. The van der Waals surface area contributed by atoms with Crippen molar-refractivity contribution in [2.75, 3.05) is 13.7 Å². The fourth-order valence-corrected chi connectivity index (χ4v) is 6.07. The molecule has 1 aliphatic heterocycles. The average Bonchev–Trinajstić information content (AvgIpc) is 3.14. The van der Waals surface area contributed by atoms with E-state index in [0.717, 1.165) is 33.6 Å². The monoisotopic (exact) mass is 632 g/mol. The van der Waals surface area contributed by atoms with Gasteiger partial charge in [-0.1, -0.05) is 133 Å². The number of ether oxygens (including phenoxy) is 5. The molecule has 2 N–H and O–H groups in total. The summed E-state index contributed by atoms with van der Waals surface area (Å²) in [6.45, 7) is 0.341. The van der Waals surface area contributed by atoms with E-state index in [0.29, 0.717) is 0 Å². The van der Waals surface area contributed by atoms with Gasteiger partial charge in [-0.3, -0.25) is 0 Å². The number of rotatable bonds is 13. The van der Waals surface area contributed by atoms with Crippen LogP contribution in [0.3, 0.4) is 0 Å². The fraction of sp³-hybridized carbons (Fsp3) is 0.250. The van der Waals surface area contributed by atoms with Gasteiger partial charge in [0, 0.05) is 0 Å². The Bertz CT molecular complexity index is 1540. The molecule has 0 aromatic heterocycles. The molecular formula is C40H40O7. The van der Waals surface area contributed by atoms with Crippen LogP contribution in [0.25, 0.3) is 0 Å². The summed E-state index contributed by atoms with van der Waals surface area (Å²) in [5, 5.41) is 23.2. The highest BCUT2D eigenvalue weighted by Crippen LogP contribution is 2.41. The summed E-state index contributed by atoms with van der Waals surface area (Å²) >= 11 is 0. The number of methoxy groups -OCH3 is 1. The Kier molecular flexibility index (Phi) is 10.7. The third kappa shape index (κ3) is 7.47. The Balaban J connectivity index is 1.28. The first-order valence-corrected chi connectivity index (χ1v) is 15.8. The number of benzene rings is 5. The van der Waals surface area contributed by atoms with Gasteiger partial charge in [0.1, 0.15) is 35.8 Å². The molecule has 5 atom stereocenters. The third-order valence-electron chi connectivity index (χ3n) is 8.53. The molecule has 1 fully saturated rings. The van der Waals surface area contributed by atoms with Gasteiger partial charge < -0.3 is 33.9 Å². The van der Waals surface area contributed by atoms with E-state index in [1.165, 1.54) is 0 Å². The van der Waals surface area contributed by atoms with Crippen LogP contribution in [0.1, 0.15) is 27.8 Å². The van der Waals surface area contributed by atoms with Gasteiger partial charge in [0.05, 0.1) is 26.9 Å². The lowest BCUT2D eigenvalue weighted by Gasteiger charge is -2.44. The summed E-state index contributed by atoms with van der Waals surface area (Å²) in [6.07, 6.45) is -5.37. The van der Waals surface area contributed by atoms with Crippen LogP contribution in [0.2, 0.25) is 0 Å². The molecule has 242 valence electrons. The van der Waals surface area contributed by atoms with Crippen molar-refractivity contribution in [3.63, 3.8) is 0 Å². The van der Waals surface area contributed by atoms with Crippen LogP contribution in [0, 0.1) is 0 Å². The van der Waals surface area contributed by atoms with Crippen molar-refractivity contribution in [1.82, 2.24) is 0 Å². The van der Waals surface area contributed by atoms with Crippen molar-refractivity contribution < 1.29 is 33.9 Å². The van der Waals surface area contributed by atoms with Gasteiger partial charge in [0.25, 0.3) is 0 Å². The molecule has 0 saturated carbocycles. The van der Waals surface area contributed by atoms with Crippen LogP contribution in [0.15, 0.2) is 146 Å². The second-order valence-corrected chi connectivity index (χ2v) is 11.5. The molecule has 0 amide bonds. The standard InChI is InChI=1S/C40H40O7/c1-43-34-24-22-30(23-25-34)27-45-38-37(44-26-29-14-6-2-7-15-29)36(41)35(47-39(38)42)28-46-40(31-16-8-3-9-17-31,32-18-10-4-11-19-32)33-20-12-5-13-21-33/h2-25,35-39,41-42H,26-28H2,1H3/t35-,36-,37+,38-,39+/m1/s1. The van der Waals surface area contributed by atoms with Crippen molar-refractivity contribution in [3.05, 3.63) is 173 Å². The highest BCUT2D eigenvalue weighted by molar-refractivity contribution is 5.47. The second-order valence-electron chi connectivity index (χ2n) is 11.5. The third-order valence-corrected chi connectivity index (χ3v) is 8.53. The van der Waals surface area contributed by atoms with Crippen molar-refractivity contribution >= 4 is 0 Å². The molecule has 1 heterocycles. The van der Waals surface area contributed by atoms with Crippen LogP contribution in [-0.2, 0) is 37.8 Å². The number of aliphatic hydroxyl groups excluding tert-OH is 2. The zero-order valence-corrected chi connectivity index (χ0v) is 26.3. The Morgan fingerprint density at radius 3 is 1.51 bits per heavy atom. The van der Waals surface area contributed by atoms with E-state index >= 15 is 0 Å². The topological polar surface area (TPSA) is 86.6 Å². The number of aliphatic hydroxyl groups is 2. The van der Waals surface area contributed by atoms with Gasteiger partial charge >= 0.3 is 0 Å². The van der Waals surface area contributed by atoms with Gasteiger partial charge in [0.2, 0.25) is 0 Å². The first-order valence-electron chi connectivity index (χ1n) is 15.8. The molecule has 5 aromatic carbocycles. The van der Waals surface area contributed by atoms with Crippen molar-refractivity contribution in [1.29, 1.82) is 0 Å². The molecule has 5 aromatic rings. The van der Waals surface area contributed by atoms with Crippen LogP contribution in [0.4, 0.5) is 0 Å². The maximum atomic E-state index is 11.8. The van der Waals surface area contributed by atoms with Crippen molar-refractivity contribution in [2.24, 2.45) is 0 Å². The van der Waals surface area contributed by atoms with Crippen LogP contribution in [-0.4, -0.2) is 54.6 Å². The minimum atomic E-state index is -1.38. The summed E-state index contributed by atoms with van der Waals surface area (Å²) < 4.78 is 30.8. The van der Waals surface area contributed by atoms with E-state index in [-0.39, 0.29) is 19.8 Å². The fourth-order valence-electron chi connectivity index (χ4n) is 6.07. The SMILES string of the molecule is COc1ccc(CO[C@@H]2[C@@H](OCc3ccccc3)[C@H](O)[C@@H](COC(c3ccccc3)(c3ccccc3)c3ccccc3)O[C@@H]2O)cc1. The maximum absolute atomic E-state index is 11.8. The summed E-state index contributed by atoms with van der Waals surface area (Å²) in [5.74, 6) is 0.731. The largest absolute Gasteiger partial charge is 0.497 e. The minimum absolute atomic E-state index is 0.0483. The predicted octanol–water partition coefficient (Wildman–Crippen LogP) is 6.25. The average molecular weight is 633 g/mol. The highest BCUT2D eigenvalue weighted by atomic mass is 16.7. The summed E-state index contributed by atoms with van der Waals surface area (Å²) in [5.41, 5.74) is 3.53. The normalized spacial score (nSPS) is 21.3. The van der Waals surface area contributed by atoms with Crippen LogP contribution < -0.4 is 4.74 Å². The first-order chi connectivity index (χ1) is 23.1. The molecule has 0 spiro atoms. The van der Waals surface area contributed by atoms with E-state index < -0.39 is 36.3 Å². The number of hydrogen-bond acceptors (Lipinski definition) is 7. The first kappa shape index (κ1) is 32.6. The zero-order valence-electron chi connectivity index (χ0n) is 26.3. The minimum Gasteiger partial charge on any atom is -0.497 e. The summed E-state index contributed by atoms with van der Waals surface area (Å²) in [4.78, 5) is 0. The van der Waals surface area contributed by atoms with Gasteiger partial charge in [-0.05, 0) is 39.9 Å². The Morgan fingerprint density at radius 2 is 1.02 bits per heavy atom. The smallest absolute Gasteiger partial charge is 0.184 e. The van der Waals surface area contributed by atoms with E-state index in [9.17, 15) is 10.2 Å². The molecule has 1 aliphatic rings. The van der Waals surface area contributed by atoms with E-state index in [2.05, 4.69) is 0 Å². The quantitative estimate of drug-likeness (QED) is 0.148. The molecule has 6 rings (SSSR count). The lowest BCUT2D eigenvalue weighted by atomic mass is 9.80. The molecule has 0 aliphatic carbocycles. The lowest BCUT2D eigenvalue weighted by Crippen LogP contribution is -2.60. The molecule has 47 heavy (non-hydrogen) atoms. The van der Waals surface area contributed by atoms with Crippen molar-refractivity contribution in [2.45, 2.75) is 49.5 Å². The molecule has 7 nitrogen and oxygen atoms in total. The van der Waals surface area contributed by atoms with E-state index in [1.54, 1.807) is 7.11 Å².